The van der Waals surface area contributed by atoms with E-state index in [9.17, 15) is 18.4 Å². The molecule has 0 aliphatic carbocycles. The Labute approximate surface area is 91.1 Å². The number of carboxylic acid groups (broad SMARTS) is 1. The molecule has 1 aromatic heterocycles. The smallest absolute Gasteiger partial charge is 0.309 e. The fourth-order valence-corrected chi connectivity index (χ4v) is 1.74. The maximum absolute atomic E-state index is 12.5. The lowest BCUT2D eigenvalue weighted by molar-refractivity contribution is -0.136. The van der Waals surface area contributed by atoms with Crippen molar-refractivity contribution in [3.05, 3.63) is 32.2 Å². The van der Waals surface area contributed by atoms with E-state index in [1.165, 1.54) is 0 Å². The first-order valence-corrected chi connectivity index (χ1v) is 4.62. The molecule has 0 saturated carbocycles. The van der Waals surface area contributed by atoms with Gasteiger partial charge in [0.1, 0.15) is 0 Å². The average molecular weight is 282 g/mol. The summed E-state index contributed by atoms with van der Waals surface area (Å²) < 4.78 is 25.0. The zero-order chi connectivity index (χ0) is 11.6. The average Bonchev–Trinajstić information content (AvgIpc) is 1.99. The molecule has 1 rings (SSSR count). The number of hydrogen-bond donors (Lipinski definition) is 2. The van der Waals surface area contributed by atoms with Crippen LogP contribution in [0.4, 0.5) is 8.78 Å². The maximum atomic E-state index is 12.5. The number of rotatable bonds is 3. The highest BCUT2D eigenvalue weighted by Crippen LogP contribution is 2.28. The van der Waals surface area contributed by atoms with Crippen molar-refractivity contribution in [3.8, 4) is 0 Å². The van der Waals surface area contributed by atoms with E-state index in [4.69, 9.17) is 5.11 Å². The Morgan fingerprint density at radius 3 is 2.67 bits per heavy atom. The molecule has 4 nitrogen and oxygen atoms in total. The van der Waals surface area contributed by atoms with Crippen molar-refractivity contribution < 1.29 is 18.7 Å². The Morgan fingerprint density at radius 1 is 1.60 bits per heavy atom. The lowest BCUT2D eigenvalue weighted by atomic mass is 10.1. The predicted molar refractivity (Wildman–Crippen MR) is 51.1 cm³/mol. The minimum absolute atomic E-state index is 0.0856. The van der Waals surface area contributed by atoms with Crippen molar-refractivity contribution in [2.75, 3.05) is 0 Å². The zero-order valence-corrected chi connectivity index (χ0v) is 8.85. The number of pyridine rings is 1. The van der Waals surface area contributed by atoms with Gasteiger partial charge in [0.2, 0.25) is 5.56 Å². The molecule has 7 heteroatoms. The highest BCUT2D eigenvalue weighted by molar-refractivity contribution is 9.10. The molecule has 0 atom stereocenters. The van der Waals surface area contributed by atoms with Crippen molar-refractivity contribution in [1.82, 2.24) is 4.98 Å². The number of H-pyrrole nitrogens is 1. The standard InChI is InChI=1S/C8H6BrF2NO3/c9-3-1-5(13)12-4(2-6(14)15)7(3)8(10)11/h1,8H,2H2,(H,12,13)(H,14,15). The number of aromatic nitrogens is 1. The number of aromatic amines is 1. The minimum atomic E-state index is -2.84. The molecule has 2 N–H and O–H groups in total. The summed E-state index contributed by atoms with van der Waals surface area (Å²) in [5.41, 5.74) is -1.39. The van der Waals surface area contributed by atoms with Crippen molar-refractivity contribution >= 4 is 21.9 Å². The van der Waals surface area contributed by atoms with Crippen molar-refractivity contribution in [3.63, 3.8) is 0 Å². The van der Waals surface area contributed by atoms with E-state index in [0.29, 0.717) is 0 Å². The molecule has 1 heterocycles. The van der Waals surface area contributed by atoms with Crippen LogP contribution in [0.3, 0.4) is 0 Å². The Bertz CT molecular complexity index is 444. The topological polar surface area (TPSA) is 70.2 Å². The first-order valence-electron chi connectivity index (χ1n) is 3.83. The Hall–Kier alpha value is -1.24. The lowest BCUT2D eigenvalue weighted by Gasteiger charge is -2.08. The van der Waals surface area contributed by atoms with Crippen LogP contribution in [0, 0.1) is 0 Å². The Balaban J connectivity index is 3.33. The highest BCUT2D eigenvalue weighted by Gasteiger charge is 2.19. The molecule has 0 radical (unpaired) electrons. The summed E-state index contributed by atoms with van der Waals surface area (Å²) in [7, 11) is 0. The molecular weight excluding hydrogens is 276 g/mol. The molecule has 82 valence electrons. The van der Waals surface area contributed by atoms with E-state index in [2.05, 4.69) is 20.9 Å². The summed E-state index contributed by atoms with van der Waals surface area (Å²) in [5.74, 6) is -1.29. The van der Waals surface area contributed by atoms with Crippen LogP contribution in [0.1, 0.15) is 17.7 Å². The molecule has 0 aromatic carbocycles. The van der Waals surface area contributed by atoms with Crippen LogP contribution >= 0.6 is 15.9 Å². The van der Waals surface area contributed by atoms with Crippen molar-refractivity contribution in [2.24, 2.45) is 0 Å². The molecule has 1 aromatic rings. The molecule has 0 bridgehead atoms. The third kappa shape index (κ3) is 2.85. The van der Waals surface area contributed by atoms with Gasteiger partial charge in [-0.05, 0) is 0 Å². The van der Waals surface area contributed by atoms with Gasteiger partial charge in [0.25, 0.3) is 6.43 Å². The first kappa shape index (κ1) is 11.8. The Kier molecular flexibility index (Phi) is 3.57. The summed E-state index contributed by atoms with van der Waals surface area (Å²) in [4.78, 5) is 23.4. The van der Waals surface area contributed by atoms with Crippen LogP contribution in [0.25, 0.3) is 0 Å². The number of aliphatic carboxylic acids is 1. The van der Waals surface area contributed by atoms with Gasteiger partial charge in [0.05, 0.1) is 12.0 Å². The first-order chi connectivity index (χ1) is 6.91. The van der Waals surface area contributed by atoms with Crippen LogP contribution in [0.15, 0.2) is 15.3 Å². The number of hydrogen-bond acceptors (Lipinski definition) is 2. The van der Waals surface area contributed by atoms with Crippen LogP contribution in [0.2, 0.25) is 0 Å². The fraction of sp³-hybridized carbons (Fsp3) is 0.250. The van der Waals surface area contributed by atoms with Crippen molar-refractivity contribution in [1.29, 1.82) is 0 Å². The number of halogens is 3. The summed E-state index contributed by atoms with van der Waals surface area (Å²) in [6, 6.07) is 0.937. The molecule has 0 aliphatic rings. The normalized spacial score (nSPS) is 10.7. The van der Waals surface area contributed by atoms with E-state index in [0.717, 1.165) is 6.07 Å². The number of carboxylic acids is 1. The van der Waals surface area contributed by atoms with Gasteiger partial charge in [0, 0.05) is 16.2 Å². The number of carbonyl (C=O) groups is 1. The van der Waals surface area contributed by atoms with Gasteiger partial charge in [-0.3, -0.25) is 9.59 Å². The van der Waals surface area contributed by atoms with Crippen LogP contribution in [-0.2, 0) is 11.2 Å². The molecule has 0 spiro atoms. The van der Waals surface area contributed by atoms with Gasteiger partial charge in [-0.2, -0.15) is 0 Å². The van der Waals surface area contributed by atoms with Crippen LogP contribution < -0.4 is 5.56 Å². The third-order valence-electron chi connectivity index (χ3n) is 1.66. The molecule has 0 amide bonds. The molecule has 0 saturated heterocycles. The number of nitrogens with one attached hydrogen (secondary N) is 1. The SMILES string of the molecule is O=C(O)Cc1[nH]c(=O)cc(Br)c1C(F)F. The number of alkyl halides is 2. The lowest BCUT2D eigenvalue weighted by Crippen LogP contribution is -2.15. The van der Waals surface area contributed by atoms with E-state index < -0.39 is 29.9 Å². The highest BCUT2D eigenvalue weighted by atomic mass is 79.9. The molecular formula is C8H6BrF2NO3. The van der Waals surface area contributed by atoms with Gasteiger partial charge >= 0.3 is 5.97 Å². The monoisotopic (exact) mass is 281 g/mol. The Morgan fingerprint density at radius 2 is 2.20 bits per heavy atom. The molecule has 0 unspecified atom stereocenters. The second kappa shape index (κ2) is 4.52. The molecule has 15 heavy (non-hydrogen) atoms. The van der Waals surface area contributed by atoms with E-state index in [1.54, 1.807) is 0 Å². The second-order valence-corrected chi connectivity index (χ2v) is 3.60. The van der Waals surface area contributed by atoms with Crippen LogP contribution in [-0.4, -0.2) is 16.1 Å². The van der Waals surface area contributed by atoms with Gasteiger partial charge in [0.15, 0.2) is 0 Å². The summed E-state index contributed by atoms with van der Waals surface area (Å²) >= 11 is 2.80. The van der Waals surface area contributed by atoms with E-state index in [-0.39, 0.29) is 10.2 Å². The van der Waals surface area contributed by atoms with Gasteiger partial charge < -0.3 is 10.1 Å². The van der Waals surface area contributed by atoms with Gasteiger partial charge in [-0.15, -0.1) is 0 Å². The van der Waals surface area contributed by atoms with Gasteiger partial charge in [-0.1, -0.05) is 15.9 Å². The quantitative estimate of drug-likeness (QED) is 0.886. The third-order valence-corrected chi connectivity index (χ3v) is 2.32. The van der Waals surface area contributed by atoms with Crippen LogP contribution in [0.5, 0.6) is 0 Å². The van der Waals surface area contributed by atoms with E-state index in [1.807, 2.05) is 0 Å². The second-order valence-electron chi connectivity index (χ2n) is 2.74. The van der Waals surface area contributed by atoms with Gasteiger partial charge in [-0.25, -0.2) is 8.78 Å². The molecule has 0 aliphatic heterocycles. The summed E-state index contributed by atoms with van der Waals surface area (Å²) in [6.07, 6.45) is -3.49. The summed E-state index contributed by atoms with van der Waals surface area (Å²) in [5, 5.41) is 8.47. The summed E-state index contributed by atoms with van der Waals surface area (Å²) in [6.45, 7) is 0. The molecule has 0 fully saturated rings. The van der Waals surface area contributed by atoms with E-state index >= 15 is 0 Å². The fourth-order valence-electron chi connectivity index (χ4n) is 1.12. The predicted octanol–water partition coefficient (Wildman–Crippen LogP) is 1.70. The maximum Gasteiger partial charge on any atom is 0.309 e. The zero-order valence-electron chi connectivity index (χ0n) is 7.26. The largest absolute Gasteiger partial charge is 0.481 e. The minimum Gasteiger partial charge on any atom is -0.481 e. The van der Waals surface area contributed by atoms with Crippen molar-refractivity contribution in [2.45, 2.75) is 12.8 Å².